The fourth-order valence-corrected chi connectivity index (χ4v) is 2.94. The molecule has 3 N–H and O–H groups in total. The highest BCUT2D eigenvalue weighted by Crippen LogP contribution is 2.26. The largest absolute Gasteiger partial charge is 0.380 e. The van der Waals surface area contributed by atoms with Gasteiger partial charge in [-0.25, -0.2) is 0 Å². The second-order valence-corrected chi connectivity index (χ2v) is 5.60. The van der Waals surface area contributed by atoms with Gasteiger partial charge in [-0.1, -0.05) is 18.2 Å². The smallest absolute Gasteiger partial charge is 0.0936 e. The summed E-state index contributed by atoms with van der Waals surface area (Å²) in [5.74, 6) is 0. The number of hydrogen-bond acceptors (Lipinski definition) is 3. The van der Waals surface area contributed by atoms with E-state index in [1.54, 1.807) is 0 Å². The van der Waals surface area contributed by atoms with Crippen LogP contribution in [0.1, 0.15) is 31.4 Å². The minimum Gasteiger partial charge on any atom is -0.380 e. The molecule has 1 aliphatic rings. The van der Waals surface area contributed by atoms with Gasteiger partial charge in [0.1, 0.15) is 0 Å². The summed E-state index contributed by atoms with van der Waals surface area (Å²) in [5.41, 5.74) is 9.33. The van der Waals surface area contributed by atoms with E-state index in [0.717, 1.165) is 29.7 Å². The van der Waals surface area contributed by atoms with E-state index >= 15 is 0 Å². The van der Waals surface area contributed by atoms with E-state index in [0.29, 0.717) is 12.1 Å². The van der Waals surface area contributed by atoms with Crippen LogP contribution in [-0.2, 0) is 0 Å². The van der Waals surface area contributed by atoms with Crippen molar-refractivity contribution in [1.29, 1.82) is 0 Å². The number of nitrogens with zero attached hydrogens (tertiary/aromatic N) is 1. The Morgan fingerprint density at radius 2 is 2.11 bits per heavy atom. The van der Waals surface area contributed by atoms with Gasteiger partial charge in [0.05, 0.1) is 11.2 Å². The van der Waals surface area contributed by atoms with E-state index < -0.39 is 0 Å². The van der Waals surface area contributed by atoms with Crippen LogP contribution in [0.25, 0.3) is 10.9 Å². The highest BCUT2D eigenvalue weighted by Gasteiger charge is 2.19. The molecule has 1 fully saturated rings. The molecular formula is C16H21N3. The first-order valence-electron chi connectivity index (χ1n) is 7.11. The predicted octanol–water partition coefficient (Wildman–Crippen LogP) is 3.23. The molecule has 1 heterocycles. The summed E-state index contributed by atoms with van der Waals surface area (Å²) in [7, 11) is 0. The summed E-state index contributed by atoms with van der Waals surface area (Å²) in [4.78, 5) is 4.67. The first kappa shape index (κ1) is 12.4. The molecule has 3 rings (SSSR count). The Morgan fingerprint density at radius 1 is 1.21 bits per heavy atom. The van der Waals surface area contributed by atoms with E-state index in [9.17, 15) is 0 Å². The van der Waals surface area contributed by atoms with Crippen molar-refractivity contribution in [3.63, 3.8) is 0 Å². The number of nitrogens with one attached hydrogen (secondary N) is 1. The lowest BCUT2D eigenvalue weighted by molar-refractivity contribution is 0.409. The Morgan fingerprint density at radius 3 is 2.95 bits per heavy atom. The second kappa shape index (κ2) is 5.17. The van der Waals surface area contributed by atoms with Crippen LogP contribution in [0.5, 0.6) is 0 Å². The Hall–Kier alpha value is -1.61. The molecule has 0 amide bonds. The number of para-hydroxylation sites is 1. The maximum absolute atomic E-state index is 6.06. The zero-order valence-electron chi connectivity index (χ0n) is 11.4. The summed E-state index contributed by atoms with van der Waals surface area (Å²) in [6.45, 7) is 2.03. The molecule has 0 radical (unpaired) electrons. The number of benzene rings is 1. The van der Waals surface area contributed by atoms with Crippen molar-refractivity contribution in [1.82, 2.24) is 4.98 Å². The normalized spacial score (nSPS) is 23.5. The zero-order valence-corrected chi connectivity index (χ0v) is 11.4. The van der Waals surface area contributed by atoms with Crippen molar-refractivity contribution in [3.8, 4) is 0 Å². The minimum absolute atomic E-state index is 0.343. The van der Waals surface area contributed by atoms with Gasteiger partial charge in [0, 0.05) is 23.2 Å². The molecule has 2 atom stereocenters. The third-order valence-electron chi connectivity index (χ3n) is 3.93. The number of fused-ring (bicyclic) bond motifs is 1. The lowest BCUT2D eigenvalue weighted by Crippen LogP contribution is -2.34. The number of aryl methyl sites for hydroxylation is 1. The second-order valence-electron chi connectivity index (χ2n) is 5.60. The van der Waals surface area contributed by atoms with Crippen LogP contribution in [0.2, 0.25) is 0 Å². The number of anilines is 1. The number of pyridine rings is 1. The van der Waals surface area contributed by atoms with Gasteiger partial charge in [0.15, 0.2) is 0 Å². The Bertz CT molecular complexity index is 579. The molecule has 2 unspecified atom stereocenters. The van der Waals surface area contributed by atoms with Crippen molar-refractivity contribution in [2.24, 2.45) is 5.73 Å². The number of rotatable bonds is 2. The highest BCUT2D eigenvalue weighted by atomic mass is 14.9. The van der Waals surface area contributed by atoms with Gasteiger partial charge in [-0.15, -0.1) is 0 Å². The van der Waals surface area contributed by atoms with Crippen LogP contribution in [0, 0.1) is 6.92 Å². The first-order valence-corrected chi connectivity index (χ1v) is 7.11. The standard InChI is InChI=1S/C16H21N3/c1-11-8-9-12-4-2-7-15(16(12)18-11)19-14-6-3-5-13(17)10-14/h2,4,7-9,13-14,19H,3,5-6,10,17H2,1H3. The van der Waals surface area contributed by atoms with E-state index in [-0.39, 0.29) is 0 Å². The average Bonchev–Trinajstić information content (AvgIpc) is 2.39. The molecule has 0 aliphatic heterocycles. The van der Waals surface area contributed by atoms with Crippen LogP contribution < -0.4 is 11.1 Å². The van der Waals surface area contributed by atoms with Crippen molar-refractivity contribution in [3.05, 3.63) is 36.0 Å². The van der Waals surface area contributed by atoms with Gasteiger partial charge in [-0.3, -0.25) is 4.98 Å². The zero-order chi connectivity index (χ0) is 13.2. The van der Waals surface area contributed by atoms with Crippen molar-refractivity contribution < 1.29 is 0 Å². The molecule has 1 aliphatic carbocycles. The highest BCUT2D eigenvalue weighted by molar-refractivity contribution is 5.90. The SMILES string of the molecule is Cc1ccc2cccc(NC3CCCC(N)C3)c2n1. The summed E-state index contributed by atoms with van der Waals surface area (Å²) in [5, 5.41) is 4.83. The maximum Gasteiger partial charge on any atom is 0.0936 e. The molecule has 0 saturated heterocycles. The molecule has 1 aromatic carbocycles. The first-order chi connectivity index (χ1) is 9.22. The van der Waals surface area contributed by atoms with Crippen LogP contribution in [0.3, 0.4) is 0 Å². The lowest BCUT2D eigenvalue weighted by atomic mass is 9.91. The minimum atomic E-state index is 0.343. The molecule has 3 nitrogen and oxygen atoms in total. The van der Waals surface area contributed by atoms with Crippen LogP contribution in [0.15, 0.2) is 30.3 Å². The van der Waals surface area contributed by atoms with Gasteiger partial charge < -0.3 is 11.1 Å². The summed E-state index contributed by atoms with van der Waals surface area (Å²) >= 11 is 0. The topological polar surface area (TPSA) is 50.9 Å². The predicted molar refractivity (Wildman–Crippen MR) is 80.3 cm³/mol. The summed E-state index contributed by atoms with van der Waals surface area (Å²) in [6.07, 6.45) is 4.64. The molecule has 3 heteroatoms. The molecule has 1 saturated carbocycles. The van der Waals surface area contributed by atoms with Crippen LogP contribution in [-0.4, -0.2) is 17.1 Å². The van der Waals surface area contributed by atoms with Crippen molar-refractivity contribution in [2.45, 2.75) is 44.7 Å². The molecule has 0 spiro atoms. The van der Waals surface area contributed by atoms with E-state index in [1.807, 2.05) is 6.92 Å². The van der Waals surface area contributed by atoms with Crippen LogP contribution in [0.4, 0.5) is 5.69 Å². The van der Waals surface area contributed by atoms with E-state index in [4.69, 9.17) is 5.73 Å². The molecule has 2 aromatic rings. The third kappa shape index (κ3) is 2.71. The van der Waals surface area contributed by atoms with Crippen LogP contribution >= 0.6 is 0 Å². The average molecular weight is 255 g/mol. The van der Waals surface area contributed by atoms with Crippen molar-refractivity contribution in [2.75, 3.05) is 5.32 Å². The molecule has 19 heavy (non-hydrogen) atoms. The van der Waals surface area contributed by atoms with Gasteiger partial charge >= 0.3 is 0 Å². The quantitative estimate of drug-likeness (QED) is 0.866. The number of aromatic nitrogens is 1. The Labute approximate surface area is 114 Å². The van der Waals surface area contributed by atoms with E-state index in [1.165, 1.54) is 18.2 Å². The lowest BCUT2D eigenvalue weighted by Gasteiger charge is -2.28. The molecule has 1 aromatic heterocycles. The third-order valence-corrected chi connectivity index (χ3v) is 3.93. The van der Waals surface area contributed by atoms with Gasteiger partial charge in [0.25, 0.3) is 0 Å². The summed E-state index contributed by atoms with van der Waals surface area (Å²) < 4.78 is 0. The molecule has 0 bridgehead atoms. The van der Waals surface area contributed by atoms with Gasteiger partial charge in [-0.05, 0) is 44.7 Å². The Balaban J connectivity index is 1.89. The molecular weight excluding hydrogens is 234 g/mol. The summed E-state index contributed by atoms with van der Waals surface area (Å²) in [6, 6.07) is 11.3. The van der Waals surface area contributed by atoms with E-state index in [2.05, 4.69) is 40.6 Å². The monoisotopic (exact) mass is 255 g/mol. The fourth-order valence-electron chi connectivity index (χ4n) is 2.94. The fraction of sp³-hybridized carbons (Fsp3) is 0.438. The number of hydrogen-bond donors (Lipinski definition) is 2. The maximum atomic E-state index is 6.06. The number of nitrogens with two attached hydrogens (primary N) is 1. The van der Waals surface area contributed by atoms with Gasteiger partial charge in [0.2, 0.25) is 0 Å². The Kier molecular flexibility index (Phi) is 3.38. The molecule has 100 valence electrons. The van der Waals surface area contributed by atoms with Gasteiger partial charge in [-0.2, -0.15) is 0 Å². The van der Waals surface area contributed by atoms with Crippen molar-refractivity contribution >= 4 is 16.6 Å².